The second kappa shape index (κ2) is 3.81. The van der Waals surface area contributed by atoms with Crippen molar-refractivity contribution >= 4 is 0 Å². The fraction of sp³-hybridized carbons (Fsp3) is 1.00. The maximum Gasteiger partial charge on any atom is -0.0266 e. The van der Waals surface area contributed by atoms with E-state index in [1.54, 1.807) is 0 Å². The molecular weight excluding hydrogens is 144 g/mol. The van der Waals surface area contributed by atoms with Gasteiger partial charge in [-0.05, 0) is 30.1 Å². The summed E-state index contributed by atoms with van der Waals surface area (Å²) in [4.78, 5) is 0. The summed E-state index contributed by atoms with van der Waals surface area (Å²) in [5, 5.41) is 0. The van der Waals surface area contributed by atoms with E-state index in [1.165, 1.54) is 32.1 Å². The van der Waals surface area contributed by atoms with Gasteiger partial charge >= 0.3 is 0 Å². The van der Waals surface area contributed by atoms with Crippen LogP contribution in [0.4, 0.5) is 0 Å². The summed E-state index contributed by atoms with van der Waals surface area (Å²) in [6.45, 7) is 9.44. The molecule has 0 radical (unpaired) electrons. The fourth-order valence-corrected chi connectivity index (χ4v) is 2.72. The van der Waals surface area contributed by atoms with E-state index in [1.807, 2.05) is 0 Å². The SMILES string of the molecule is CCCCC1(CC)CC1C(C)C. The molecule has 1 fully saturated rings. The Labute approximate surface area is 77.7 Å². The first-order chi connectivity index (χ1) is 5.66. The molecule has 0 heteroatoms. The quantitative estimate of drug-likeness (QED) is 0.575. The summed E-state index contributed by atoms with van der Waals surface area (Å²) < 4.78 is 0. The Morgan fingerprint density at radius 1 is 1.33 bits per heavy atom. The highest BCUT2D eigenvalue weighted by Crippen LogP contribution is 2.61. The third-order valence-corrected chi connectivity index (χ3v) is 3.79. The van der Waals surface area contributed by atoms with Gasteiger partial charge in [0.25, 0.3) is 0 Å². The molecule has 2 unspecified atom stereocenters. The molecule has 12 heavy (non-hydrogen) atoms. The molecule has 1 saturated carbocycles. The number of unbranched alkanes of at least 4 members (excludes halogenated alkanes) is 1. The average Bonchev–Trinajstić information content (AvgIpc) is 2.77. The van der Waals surface area contributed by atoms with Crippen molar-refractivity contribution in [2.45, 2.75) is 59.8 Å². The molecule has 0 spiro atoms. The van der Waals surface area contributed by atoms with Crippen LogP contribution in [0.5, 0.6) is 0 Å². The zero-order valence-electron chi connectivity index (χ0n) is 9.19. The summed E-state index contributed by atoms with van der Waals surface area (Å²) in [6, 6.07) is 0. The van der Waals surface area contributed by atoms with Gasteiger partial charge < -0.3 is 0 Å². The fourth-order valence-electron chi connectivity index (χ4n) is 2.72. The van der Waals surface area contributed by atoms with Crippen molar-refractivity contribution in [3.05, 3.63) is 0 Å². The Morgan fingerprint density at radius 3 is 2.33 bits per heavy atom. The maximum atomic E-state index is 2.38. The molecule has 0 bridgehead atoms. The molecule has 0 aromatic carbocycles. The van der Waals surface area contributed by atoms with Crippen LogP contribution < -0.4 is 0 Å². The van der Waals surface area contributed by atoms with Crippen LogP contribution in [0.2, 0.25) is 0 Å². The van der Waals surface area contributed by atoms with E-state index in [-0.39, 0.29) is 0 Å². The van der Waals surface area contributed by atoms with E-state index in [9.17, 15) is 0 Å². The van der Waals surface area contributed by atoms with Gasteiger partial charge in [0.2, 0.25) is 0 Å². The van der Waals surface area contributed by atoms with Gasteiger partial charge in [-0.2, -0.15) is 0 Å². The van der Waals surface area contributed by atoms with Gasteiger partial charge in [0.1, 0.15) is 0 Å². The van der Waals surface area contributed by atoms with Crippen LogP contribution in [0, 0.1) is 17.3 Å². The lowest BCUT2D eigenvalue weighted by Crippen LogP contribution is -2.06. The highest BCUT2D eigenvalue weighted by molar-refractivity contribution is 5.02. The zero-order valence-corrected chi connectivity index (χ0v) is 9.19. The van der Waals surface area contributed by atoms with Crippen molar-refractivity contribution in [1.29, 1.82) is 0 Å². The highest BCUT2D eigenvalue weighted by atomic mass is 14.6. The maximum absolute atomic E-state index is 2.38. The van der Waals surface area contributed by atoms with E-state index >= 15 is 0 Å². The minimum absolute atomic E-state index is 0.782. The van der Waals surface area contributed by atoms with Crippen molar-refractivity contribution in [3.8, 4) is 0 Å². The summed E-state index contributed by atoms with van der Waals surface area (Å²) in [5.74, 6) is 1.97. The largest absolute Gasteiger partial charge is 0.0654 e. The summed E-state index contributed by atoms with van der Waals surface area (Å²) >= 11 is 0. The van der Waals surface area contributed by atoms with Crippen LogP contribution >= 0.6 is 0 Å². The zero-order chi connectivity index (χ0) is 9.19. The minimum Gasteiger partial charge on any atom is -0.0654 e. The number of hydrogen-bond acceptors (Lipinski definition) is 0. The first kappa shape index (κ1) is 10.1. The van der Waals surface area contributed by atoms with Crippen molar-refractivity contribution in [3.63, 3.8) is 0 Å². The van der Waals surface area contributed by atoms with Gasteiger partial charge in [-0.3, -0.25) is 0 Å². The predicted molar refractivity (Wildman–Crippen MR) is 55.2 cm³/mol. The van der Waals surface area contributed by atoms with Gasteiger partial charge in [-0.1, -0.05) is 47.0 Å². The smallest absolute Gasteiger partial charge is 0.0266 e. The topological polar surface area (TPSA) is 0 Å². The van der Waals surface area contributed by atoms with E-state index in [4.69, 9.17) is 0 Å². The van der Waals surface area contributed by atoms with E-state index in [0.717, 1.165) is 17.3 Å². The van der Waals surface area contributed by atoms with Crippen LogP contribution in [-0.4, -0.2) is 0 Å². The minimum atomic E-state index is 0.782. The van der Waals surface area contributed by atoms with E-state index in [2.05, 4.69) is 27.7 Å². The molecule has 1 aliphatic carbocycles. The second-order valence-electron chi connectivity index (χ2n) is 4.87. The molecule has 0 aliphatic heterocycles. The van der Waals surface area contributed by atoms with Crippen molar-refractivity contribution in [1.82, 2.24) is 0 Å². The Bertz CT molecular complexity index is 137. The summed E-state index contributed by atoms with van der Waals surface area (Å²) in [6.07, 6.45) is 7.23. The lowest BCUT2D eigenvalue weighted by atomic mass is 9.89. The van der Waals surface area contributed by atoms with Crippen molar-refractivity contribution in [2.24, 2.45) is 17.3 Å². The van der Waals surface area contributed by atoms with Gasteiger partial charge in [-0.15, -0.1) is 0 Å². The molecule has 0 aromatic rings. The molecule has 0 aromatic heterocycles. The molecule has 1 aliphatic rings. The second-order valence-corrected chi connectivity index (χ2v) is 4.87. The van der Waals surface area contributed by atoms with Crippen LogP contribution in [-0.2, 0) is 0 Å². The van der Waals surface area contributed by atoms with Gasteiger partial charge in [0.05, 0.1) is 0 Å². The third-order valence-electron chi connectivity index (χ3n) is 3.79. The monoisotopic (exact) mass is 168 g/mol. The number of rotatable bonds is 5. The lowest BCUT2D eigenvalue weighted by molar-refractivity contribution is 0.346. The molecule has 0 nitrogen and oxygen atoms in total. The van der Waals surface area contributed by atoms with Gasteiger partial charge in [-0.25, -0.2) is 0 Å². The Hall–Kier alpha value is 0. The Kier molecular flexibility index (Phi) is 3.20. The summed E-state index contributed by atoms with van der Waals surface area (Å²) in [7, 11) is 0. The molecule has 0 N–H and O–H groups in total. The third kappa shape index (κ3) is 1.84. The molecule has 72 valence electrons. The van der Waals surface area contributed by atoms with E-state index < -0.39 is 0 Å². The molecule has 2 atom stereocenters. The highest BCUT2D eigenvalue weighted by Gasteiger charge is 2.52. The number of hydrogen-bond donors (Lipinski definition) is 0. The van der Waals surface area contributed by atoms with Crippen LogP contribution in [0.3, 0.4) is 0 Å². The molecule has 1 rings (SSSR count). The molecular formula is C12H24. The molecule has 0 amide bonds. The first-order valence-electron chi connectivity index (χ1n) is 5.66. The Balaban J connectivity index is 2.36. The van der Waals surface area contributed by atoms with E-state index in [0.29, 0.717) is 0 Å². The predicted octanol–water partition coefficient (Wildman–Crippen LogP) is 4.25. The first-order valence-corrected chi connectivity index (χ1v) is 5.66. The van der Waals surface area contributed by atoms with Crippen molar-refractivity contribution in [2.75, 3.05) is 0 Å². The van der Waals surface area contributed by atoms with Crippen LogP contribution in [0.25, 0.3) is 0 Å². The van der Waals surface area contributed by atoms with Gasteiger partial charge in [0.15, 0.2) is 0 Å². The molecule has 0 saturated heterocycles. The molecule has 0 heterocycles. The summed E-state index contributed by atoms with van der Waals surface area (Å²) in [5.41, 5.74) is 0.782. The Morgan fingerprint density at radius 2 is 2.00 bits per heavy atom. The average molecular weight is 168 g/mol. The van der Waals surface area contributed by atoms with Crippen LogP contribution in [0.1, 0.15) is 59.8 Å². The standard InChI is InChI=1S/C12H24/c1-5-7-8-12(6-2)9-11(12)10(3)4/h10-11H,5-9H2,1-4H3. The normalized spacial score (nSPS) is 34.2. The van der Waals surface area contributed by atoms with Crippen LogP contribution in [0.15, 0.2) is 0 Å². The van der Waals surface area contributed by atoms with Crippen molar-refractivity contribution < 1.29 is 0 Å². The van der Waals surface area contributed by atoms with Gasteiger partial charge in [0, 0.05) is 0 Å². The lowest BCUT2D eigenvalue weighted by Gasteiger charge is -2.16.